The SMILES string of the molecule is CCCCCCOC(=O)CCN1CCC(N2CCN(C(=O)[C@@H](Cc3cc(C)c(O)c(C)c3)OC(=O)N3CCC(N4CCc5ccccc5NC4=O)CC3)CC2)CC1. The molecule has 0 unspecified atom stereocenters. The number of amides is 4. The molecule has 6 rings (SSSR count). The van der Waals surface area contributed by atoms with Crippen LogP contribution < -0.4 is 5.32 Å². The molecular formula is C44H64N6O7. The fourth-order valence-corrected chi connectivity index (χ4v) is 8.91. The number of ether oxygens (including phenoxy) is 2. The average molecular weight is 789 g/mol. The van der Waals surface area contributed by atoms with E-state index in [-0.39, 0.29) is 36.1 Å². The number of aryl methyl sites for hydroxylation is 2. The Morgan fingerprint density at radius 2 is 1.53 bits per heavy atom. The van der Waals surface area contributed by atoms with Gasteiger partial charge in [0.1, 0.15) is 5.75 Å². The largest absolute Gasteiger partial charge is 0.507 e. The van der Waals surface area contributed by atoms with Crippen LogP contribution in [-0.4, -0.2) is 144 Å². The summed E-state index contributed by atoms with van der Waals surface area (Å²) in [5.41, 5.74) is 4.21. The predicted octanol–water partition coefficient (Wildman–Crippen LogP) is 5.73. The summed E-state index contributed by atoms with van der Waals surface area (Å²) in [5, 5.41) is 13.5. The molecule has 13 nitrogen and oxygen atoms in total. The van der Waals surface area contributed by atoms with Gasteiger partial charge in [-0.05, 0) is 93.8 Å². The first-order chi connectivity index (χ1) is 27.6. The highest BCUT2D eigenvalue weighted by atomic mass is 16.6. The molecule has 3 saturated heterocycles. The highest BCUT2D eigenvalue weighted by Gasteiger charge is 2.36. The number of esters is 1. The third-order valence-electron chi connectivity index (χ3n) is 12.4. The van der Waals surface area contributed by atoms with Gasteiger partial charge in [-0.2, -0.15) is 0 Å². The number of urea groups is 1. The number of hydrogen-bond donors (Lipinski definition) is 2. The summed E-state index contributed by atoms with van der Waals surface area (Å²) in [6.07, 6.45) is 7.56. The summed E-state index contributed by atoms with van der Waals surface area (Å²) < 4.78 is 11.5. The van der Waals surface area contributed by atoms with Crippen LogP contribution in [-0.2, 0) is 31.9 Å². The van der Waals surface area contributed by atoms with E-state index in [0.29, 0.717) is 75.8 Å². The molecule has 4 aliphatic heterocycles. The number of fused-ring (bicyclic) bond motifs is 1. The van der Waals surface area contributed by atoms with Crippen molar-refractivity contribution in [3.8, 4) is 5.75 Å². The van der Waals surface area contributed by atoms with Crippen LogP contribution in [0.25, 0.3) is 0 Å². The van der Waals surface area contributed by atoms with Gasteiger partial charge in [-0.15, -0.1) is 0 Å². The molecule has 4 heterocycles. The lowest BCUT2D eigenvalue weighted by atomic mass is 10.00. The third-order valence-corrected chi connectivity index (χ3v) is 12.4. The van der Waals surface area contributed by atoms with Crippen LogP contribution in [0.4, 0.5) is 15.3 Å². The van der Waals surface area contributed by atoms with E-state index < -0.39 is 12.2 Å². The monoisotopic (exact) mass is 788 g/mol. The zero-order chi connectivity index (χ0) is 40.3. The van der Waals surface area contributed by atoms with Crippen LogP contribution >= 0.6 is 0 Å². The lowest BCUT2D eigenvalue weighted by molar-refractivity contribution is -0.144. The molecule has 3 fully saturated rings. The van der Waals surface area contributed by atoms with Crippen LogP contribution in [0.1, 0.15) is 87.0 Å². The fraction of sp³-hybridized carbons (Fsp3) is 0.636. The van der Waals surface area contributed by atoms with Gasteiger partial charge in [-0.25, -0.2) is 9.59 Å². The quantitative estimate of drug-likeness (QED) is 0.182. The summed E-state index contributed by atoms with van der Waals surface area (Å²) in [6.45, 7) is 13.0. The average Bonchev–Trinajstić information content (AvgIpc) is 3.39. The van der Waals surface area contributed by atoms with Gasteiger partial charge >= 0.3 is 18.1 Å². The lowest BCUT2D eigenvalue weighted by Crippen LogP contribution is -2.56. The molecule has 2 N–H and O–H groups in total. The first-order valence-electron chi connectivity index (χ1n) is 21.4. The van der Waals surface area contributed by atoms with Crippen molar-refractivity contribution in [1.82, 2.24) is 24.5 Å². The number of hydrogen-bond acceptors (Lipinski definition) is 9. The van der Waals surface area contributed by atoms with E-state index in [1.807, 2.05) is 60.0 Å². The van der Waals surface area contributed by atoms with Gasteiger partial charge in [-0.1, -0.05) is 56.5 Å². The molecule has 57 heavy (non-hydrogen) atoms. The highest BCUT2D eigenvalue weighted by molar-refractivity contribution is 5.91. The number of nitrogens with one attached hydrogen (secondary N) is 1. The number of likely N-dealkylation sites (tertiary alicyclic amines) is 2. The lowest BCUT2D eigenvalue weighted by Gasteiger charge is -2.43. The summed E-state index contributed by atoms with van der Waals surface area (Å²) in [6, 6.07) is 11.9. The standard InChI is InChI=1S/C44H64N6O7/c1-4-5-6-9-28-56-40(51)17-20-46-18-13-36(14-19-46)47-24-26-48(27-25-47)42(53)39(31-34-29-32(2)41(52)33(3)30-34)57-44(55)49-21-15-37(16-22-49)50-23-12-35-10-7-8-11-38(35)45-43(50)54/h7-8,10-11,29-30,36-37,39,52H,4-6,9,12-28,31H2,1-3H3,(H,45,54)/t39-/m1/s1. The molecule has 1 atom stereocenters. The minimum Gasteiger partial charge on any atom is -0.507 e. The second-order valence-electron chi connectivity index (χ2n) is 16.4. The molecule has 0 aromatic heterocycles. The Morgan fingerprint density at radius 1 is 0.842 bits per heavy atom. The maximum Gasteiger partial charge on any atom is 0.410 e. The molecule has 4 amide bonds. The van der Waals surface area contributed by atoms with Crippen molar-refractivity contribution in [3.63, 3.8) is 0 Å². The number of unbranched alkanes of at least 4 members (excludes halogenated alkanes) is 3. The molecule has 0 saturated carbocycles. The summed E-state index contributed by atoms with van der Waals surface area (Å²) in [5.74, 6) is -0.0838. The van der Waals surface area contributed by atoms with Crippen LogP contribution in [0.15, 0.2) is 36.4 Å². The molecule has 0 bridgehead atoms. The van der Waals surface area contributed by atoms with Gasteiger partial charge in [-0.3, -0.25) is 14.5 Å². The summed E-state index contributed by atoms with van der Waals surface area (Å²) in [4.78, 5) is 63.5. The summed E-state index contributed by atoms with van der Waals surface area (Å²) >= 11 is 0. The number of carbonyl (C=O) groups excluding carboxylic acids is 4. The zero-order valence-corrected chi connectivity index (χ0v) is 34.4. The zero-order valence-electron chi connectivity index (χ0n) is 34.4. The number of benzene rings is 2. The van der Waals surface area contributed by atoms with Crippen LogP contribution in [0.2, 0.25) is 0 Å². The Kier molecular flexibility index (Phi) is 15.1. The number of piperidine rings is 2. The van der Waals surface area contributed by atoms with Gasteiger partial charge in [0.05, 0.1) is 13.0 Å². The van der Waals surface area contributed by atoms with E-state index in [4.69, 9.17) is 9.47 Å². The second kappa shape index (κ2) is 20.4. The number of rotatable bonds is 14. The van der Waals surface area contributed by atoms with Crippen molar-refractivity contribution < 1.29 is 33.8 Å². The first kappa shape index (κ1) is 42.3. The Morgan fingerprint density at radius 3 is 2.23 bits per heavy atom. The van der Waals surface area contributed by atoms with Crippen LogP contribution in [0.5, 0.6) is 5.75 Å². The molecule has 312 valence electrons. The summed E-state index contributed by atoms with van der Waals surface area (Å²) in [7, 11) is 0. The Bertz CT molecular complexity index is 1660. The Labute approximate surface area is 338 Å². The maximum absolute atomic E-state index is 14.2. The molecule has 13 heteroatoms. The van der Waals surface area contributed by atoms with Gasteiger partial charge in [0.15, 0.2) is 6.10 Å². The topological polar surface area (TPSA) is 135 Å². The van der Waals surface area contributed by atoms with Gasteiger partial charge < -0.3 is 39.5 Å². The molecule has 0 spiro atoms. The van der Waals surface area contributed by atoms with Gasteiger partial charge in [0.25, 0.3) is 5.91 Å². The predicted molar refractivity (Wildman–Crippen MR) is 219 cm³/mol. The third kappa shape index (κ3) is 11.4. The number of carbonyl (C=O) groups is 4. The molecule has 2 aromatic rings. The number of phenolic OH excluding ortho intramolecular Hbond substituents is 1. The normalized spacial score (nSPS) is 19.4. The van der Waals surface area contributed by atoms with E-state index in [1.165, 1.54) is 6.42 Å². The molecular weight excluding hydrogens is 725 g/mol. The van der Waals surface area contributed by atoms with Crippen LogP contribution in [0, 0.1) is 13.8 Å². The minimum absolute atomic E-state index is 0.000905. The van der Waals surface area contributed by atoms with Crippen molar-refractivity contribution in [2.45, 2.75) is 110 Å². The van der Waals surface area contributed by atoms with Gasteiger partial charge in [0.2, 0.25) is 0 Å². The maximum atomic E-state index is 14.2. The van der Waals surface area contributed by atoms with Crippen molar-refractivity contribution in [2.75, 3.05) is 77.4 Å². The van der Waals surface area contributed by atoms with Crippen molar-refractivity contribution in [3.05, 3.63) is 58.7 Å². The second-order valence-corrected chi connectivity index (χ2v) is 16.4. The van der Waals surface area contributed by atoms with Crippen LogP contribution in [0.3, 0.4) is 0 Å². The van der Waals surface area contributed by atoms with E-state index in [2.05, 4.69) is 22.0 Å². The van der Waals surface area contributed by atoms with E-state index in [0.717, 1.165) is 88.1 Å². The van der Waals surface area contributed by atoms with Crippen molar-refractivity contribution in [1.29, 1.82) is 0 Å². The number of piperazine rings is 1. The number of phenols is 1. The van der Waals surface area contributed by atoms with Gasteiger partial charge in [0, 0.05) is 76.5 Å². The van der Waals surface area contributed by atoms with E-state index >= 15 is 0 Å². The Hall–Kier alpha value is -4.36. The number of nitrogens with zero attached hydrogens (tertiary/aromatic N) is 5. The fourth-order valence-electron chi connectivity index (χ4n) is 8.91. The first-order valence-corrected chi connectivity index (χ1v) is 21.4. The Balaban J connectivity index is 0.990. The molecule has 0 aliphatic carbocycles. The number of para-hydroxylation sites is 1. The number of aromatic hydroxyl groups is 1. The highest BCUT2D eigenvalue weighted by Crippen LogP contribution is 2.27. The molecule has 4 aliphatic rings. The van der Waals surface area contributed by atoms with Crippen molar-refractivity contribution >= 4 is 29.7 Å². The number of anilines is 1. The smallest absolute Gasteiger partial charge is 0.410 e. The minimum atomic E-state index is -1.01. The van der Waals surface area contributed by atoms with E-state index in [1.54, 1.807) is 4.90 Å². The van der Waals surface area contributed by atoms with E-state index in [9.17, 15) is 24.3 Å². The molecule has 0 radical (unpaired) electrons. The molecule has 2 aromatic carbocycles. The van der Waals surface area contributed by atoms with Crippen molar-refractivity contribution in [2.24, 2.45) is 0 Å².